The molecular weight excluding hydrogens is 116 g/mol. The molecule has 0 bridgehead atoms. The minimum atomic E-state index is 0.750. The predicted octanol–water partition coefficient (Wildman–Crippen LogP) is -0.0699. The highest BCUT2D eigenvalue weighted by molar-refractivity contribution is 5.45. The van der Waals surface area contributed by atoms with Crippen LogP contribution in [0.25, 0.3) is 0 Å². The molecule has 0 radical (unpaired) electrons. The molecule has 0 rings (SSSR count). The van der Waals surface area contributed by atoms with E-state index in [9.17, 15) is 4.79 Å². The number of carbonyl (C=O) groups excluding carboxylic acids is 1. The first-order valence-electron chi connectivity index (χ1n) is 2.95. The Kier molecular flexibility index (Phi) is 13.0. The van der Waals surface area contributed by atoms with E-state index in [0.717, 1.165) is 13.0 Å². The maximum atomic E-state index is 9.43. The Morgan fingerprint density at radius 1 is 1.56 bits per heavy atom. The number of nitrogens with one attached hydrogen (secondary N) is 1. The third-order valence-corrected chi connectivity index (χ3v) is 0.564. The smallest absolute Gasteiger partial charge is 0.209 e. The van der Waals surface area contributed by atoms with Crippen LogP contribution in [0.2, 0.25) is 0 Å². The lowest BCUT2D eigenvalue weighted by Gasteiger charge is -1.93. The van der Waals surface area contributed by atoms with Gasteiger partial charge in [-0.15, -0.1) is 0 Å². The zero-order valence-electron chi connectivity index (χ0n) is 6.64. The van der Waals surface area contributed by atoms with Crippen molar-refractivity contribution in [3.05, 3.63) is 0 Å². The van der Waals surface area contributed by atoms with Crippen molar-refractivity contribution >= 4 is 6.41 Å². The second-order valence-electron chi connectivity index (χ2n) is 1.78. The molecule has 0 aromatic heterocycles. The summed E-state index contributed by atoms with van der Waals surface area (Å²) >= 11 is 0. The molecule has 0 unspecified atom stereocenters. The normalized spacial score (nSPS) is 7.11. The minimum Gasteiger partial charge on any atom is -0.351 e. The third-order valence-electron chi connectivity index (χ3n) is 0.564. The lowest BCUT2D eigenvalue weighted by Crippen LogP contribution is -2.06. The van der Waals surface area contributed by atoms with Crippen molar-refractivity contribution in [3.63, 3.8) is 0 Å². The Hall–Kier alpha value is -0.570. The molecule has 0 aliphatic rings. The van der Waals surface area contributed by atoms with E-state index >= 15 is 0 Å². The van der Waals surface area contributed by atoms with E-state index in [4.69, 9.17) is 0 Å². The molecule has 0 saturated heterocycles. The fraction of sp³-hybridized carbons (Fsp3) is 0.833. The van der Waals surface area contributed by atoms with Crippen LogP contribution in [0, 0.1) is 0 Å². The standard InChI is InChI=1S/C3H7NO.C3H9N/c1-4(2)3-5;1-3-4-2/h3H,1-2H3;4H,3H2,1-2H3. The first-order valence-corrected chi connectivity index (χ1v) is 2.95. The first-order chi connectivity index (χ1) is 4.18. The molecule has 0 heterocycles. The van der Waals surface area contributed by atoms with Gasteiger partial charge in [0.2, 0.25) is 6.41 Å². The molecule has 0 spiro atoms. The van der Waals surface area contributed by atoms with Gasteiger partial charge in [0.15, 0.2) is 0 Å². The molecule has 1 N–H and O–H groups in total. The van der Waals surface area contributed by atoms with Crippen molar-refractivity contribution in [1.29, 1.82) is 0 Å². The number of hydrogen-bond acceptors (Lipinski definition) is 2. The molecule has 0 aliphatic heterocycles. The molecule has 0 atom stereocenters. The van der Waals surface area contributed by atoms with Crippen LogP contribution >= 0.6 is 0 Å². The molecule has 0 fully saturated rings. The van der Waals surface area contributed by atoms with E-state index in [1.165, 1.54) is 4.90 Å². The van der Waals surface area contributed by atoms with E-state index in [-0.39, 0.29) is 0 Å². The fourth-order valence-corrected chi connectivity index (χ4v) is 0. The van der Waals surface area contributed by atoms with Gasteiger partial charge >= 0.3 is 0 Å². The molecule has 0 aliphatic carbocycles. The van der Waals surface area contributed by atoms with Gasteiger partial charge in [0, 0.05) is 14.1 Å². The topological polar surface area (TPSA) is 32.3 Å². The van der Waals surface area contributed by atoms with Gasteiger partial charge in [0.25, 0.3) is 0 Å². The van der Waals surface area contributed by atoms with Gasteiger partial charge in [-0.2, -0.15) is 0 Å². The number of rotatable bonds is 2. The molecule has 0 saturated carbocycles. The highest BCUT2D eigenvalue weighted by Gasteiger charge is 1.68. The Morgan fingerprint density at radius 2 is 1.78 bits per heavy atom. The van der Waals surface area contributed by atoms with Crippen LogP contribution in [0.4, 0.5) is 0 Å². The SMILES string of the molecule is CCNC.CN(C)C=O. The maximum absolute atomic E-state index is 9.43. The fourth-order valence-electron chi connectivity index (χ4n) is 0. The Bertz CT molecular complexity index is 53.0. The second-order valence-corrected chi connectivity index (χ2v) is 1.78. The van der Waals surface area contributed by atoms with Crippen molar-refractivity contribution in [2.45, 2.75) is 6.92 Å². The van der Waals surface area contributed by atoms with E-state index in [1.54, 1.807) is 14.1 Å². The summed E-state index contributed by atoms with van der Waals surface area (Å²) in [5.74, 6) is 0. The van der Waals surface area contributed by atoms with E-state index in [0.29, 0.717) is 0 Å². The molecule has 3 heteroatoms. The number of hydrogen-bond donors (Lipinski definition) is 1. The summed E-state index contributed by atoms with van der Waals surface area (Å²) in [6.45, 7) is 3.14. The largest absolute Gasteiger partial charge is 0.351 e. The summed E-state index contributed by atoms with van der Waals surface area (Å²) in [6, 6.07) is 0. The summed E-state index contributed by atoms with van der Waals surface area (Å²) in [5.41, 5.74) is 0. The summed E-state index contributed by atoms with van der Waals surface area (Å²) in [4.78, 5) is 10.9. The maximum Gasteiger partial charge on any atom is 0.209 e. The van der Waals surface area contributed by atoms with Gasteiger partial charge in [0.05, 0.1) is 0 Å². The molecule has 3 nitrogen and oxygen atoms in total. The zero-order chi connectivity index (χ0) is 7.70. The zero-order valence-corrected chi connectivity index (χ0v) is 6.64. The Morgan fingerprint density at radius 3 is 1.78 bits per heavy atom. The van der Waals surface area contributed by atoms with Crippen LogP contribution in [-0.2, 0) is 4.79 Å². The van der Waals surface area contributed by atoms with Crippen molar-refractivity contribution in [3.8, 4) is 0 Å². The molecule has 56 valence electrons. The van der Waals surface area contributed by atoms with Gasteiger partial charge in [-0.25, -0.2) is 0 Å². The quantitative estimate of drug-likeness (QED) is 0.533. The highest BCUT2D eigenvalue weighted by Crippen LogP contribution is 1.52. The van der Waals surface area contributed by atoms with Gasteiger partial charge in [-0.1, -0.05) is 6.92 Å². The lowest BCUT2D eigenvalue weighted by molar-refractivity contribution is -0.115. The van der Waals surface area contributed by atoms with Crippen molar-refractivity contribution in [2.75, 3.05) is 27.7 Å². The van der Waals surface area contributed by atoms with Gasteiger partial charge in [0.1, 0.15) is 0 Å². The molecule has 9 heavy (non-hydrogen) atoms. The minimum absolute atomic E-state index is 0.750. The molecular formula is C6H16N2O. The Balaban J connectivity index is 0. The molecule has 0 aromatic rings. The van der Waals surface area contributed by atoms with Crippen LogP contribution in [0.3, 0.4) is 0 Å². The van der Waals surface area contributed by atoms with Crippen LogP contribution in [0.1, 0.15) is 6.92 Å². The van der Waals surface area contributed by atoms with E-state index < -0.39 is 0 Å². The summed E-state index contributed by atoms with van der Waals surface area (Å²) in [5, 5.41) is 2.93. The lowest BCUT2D eigenvalue weighted by atomic mass is 10.8. The Labute approximate surface area is 57.0 Å². The highest BCUT2D eigenvalue weighted by atomic mass is 16.1. The first kappa shape index (κ1) is 11.3. The van der Waals surface area contributed by atoms with Crippen molar-refractivity contribution < 1.29 is 4.79 Å². The molecule has 1 amide bonds. The molecule has 0 aromatic carbocycles. The van der Waals surface area contributed by atoms with Crippen LogP contribution in [0.15, 0.2) is 0 Å². The summed E-state index contributed by atoms with van der Waals surface area (Å²) in [6.07, 6.45) is 0.750. The number of amides is 1. The van der Waals surface area contributed by atoms with E-state index in [1.807, 2.05) is 7.05 Å². The van der Waals surface area contributed by atoms with Crippen LogP contribution in [0.5, 0.6) is 0 Å². The van der Waals surface area contributed by atoms with Crippen molar-refractivity contribution in [2.24, 2.45) is 0 Å². The van der Waals surface area contributed by atoms with Crippen LogP contribution in [-0.4, -0.2) is 39.0 Å². The average Bonchev–Trinajstić information content (AvgIpc) is 1.89. The predicted molar refractivity (Wildman–Crippen MR) is 39.4 cm³/mol. The second kappa shape index (κ2) is 10.4. The van der Waals surface area contributed by atoms with Gasteiger partial charge in [-0.3, -0.25) is 4.79 Å². The third kappa shape index (κ3) is 37.1. The average molecular weight is 132 g/mol. The van der Waals surface area contributed by atoms with E-state index in [2.05, 4.69) is 12.2 Å². The summed E-state index contributed by atoms with van der Waals surface area (Å²) in [7, 11) is 5.31. The number of carbonyl (C=O) groups is 1. The monoisotopic (exact) mass is 132 g/mol. The summed E-state index contributed by atoms with van der Waals surface area (Å²) < 4.78 is 0. The van der Waals surface area contributed by atoms with Gasteiger partial charge in [-0.05, 0) is 13.6 Å². The number of nitrogens with zero attached hydrogens (tertiary/aromatic N) is 1. The van der Waals surface area contributed by atoms with Crippen molar-refractivity contribution in [1.82, 2.24) is 10.2 Å². The van der Waals surface area contributed by atoms with Crippen LogP contribution < -0.4 is 5.32 Å². The van der Waals surface area contributed by atoms with Gasteiger partial charge < -0.3 is 10.2 Å².